The standard InChI is InChI=1S/C46H52F2N8O6/c1-26-31(32-8-6-10-37-33(32)23-51-56(37)30-19-40(60-3)34(41(20-30)61-4)24-55(2)38-15-16-62-25-39(38)57)7-5-9-35(26)52-45-43-36(53-46(54-45)44(47)48)17-28(22-50-43)21-49-29-13-11-27(12-14-29)18-42(58)59/h5-10,17,19-20,22-23,27,29,38-39,44,49,57H,11-16,18,21,24-25H2,1-4H3,(H,58,59)(H,52,53,54)/t27?,29?,38-,39+/m1/s1. The number of fused-ring (bicyclic) bond motifs is 2. The van der Waals surface area contributed by atoms with Crippen molar-refractivity contribution in [3.63, 3.8) is 0 Å². The van der Waals surface area contributed by atoms with Crippen molar-refractivity contribution in [2.45, 2.75) is 83.2 Å². The van der Waals surface area contributed by atoms with Crippen LogP contribution in [0.5, 0.6) is 11.5 Å². The summed E-state index contributed by atoms with van der Waals surface area (Å²) in [5.74, 6) is 0.276. The van der Waals surface area contributed by atoms with Gasteiger partial charge in [-0.2, -0.15) is 5.10 Å². The summed E-state index contributed by atoms with van der Waals surface area (Å²) in [7, 11) is 5.23. The van der Waals surface area contributed by atoms with Crippen LogP contribution in [0.1, 0.15) is 67.5 Å². The van der Waals surface area contributed by atoms with Crippen molar-refractivity contribution in [3.05, 3.63) is 89.5 Å². The smallest absolute Gasteiger partial charge is 0.303 e. The number of likely N-dealkylation sites (N-methyl/N-ethyl adjacent to an activating group) is 1. The first-order chi connectivity index (χ1) is 30.0. The Balaban J connectivity index is 1.05. The van der Waals surface area contributed by atoms with Gasteiger partial charge >= 0.3 is 5.97 Å². The number of aromatic nitrogens is 5. The predicted octanol–water partition coefficient (Wildman–Crippen LogP) is 7.74. The van der Waals surface area contributed by atoms with E-state index < -0.39 is 24.3 Å². The molecule has 8 rings (SSSR count). The average Bonchev–Trinajstić information content (AvgIpc) is 3.71. The SMILES string of the molecule is COc1cc(-n2ncc3c(-c4cccc(Nc5nc(C(F)F)nc6cc(CNC7CCC(CC(=O)O)CC7)cnc56)c4C)cccc32)cc(OC)c1CN(C)[C@@H]1CCOC[C@@H]1O. The van der Waals surface area contributed by atoms with Crippen LogP contribution in [-0.4, -0.2) is 98.5 Å². The van der Waals surface area contributed by atoms with E-state index in [4.69, 9.17) is 24.4 Å². The molecule has 326 valence electrons. The molecule has 0 spiro atoms. The van der Waals surface area contributed by atoms with Crippen LogP contribution in [0.25, 0.3) is 38.8 Å². The normalized spacial score (nSPS) is 19.4. The van der Waals surface area contributed by atoms with Gasteiger partial charge in [0.05, 0.1) is 55.4 Å². The Bertz CT molecular complexity index is 2540. The zero-order chi connectivity index (χ0) is 43.5. The van der Waals surface area contributed by atoms with E-state index in [0.29, 0.717) is 54.5 Å². The van der Waals surface area contributed by atoms with Gasteiger partial charge in [-0.3, -0.25) is 14.7 Å². The Labute approximate surface area is 358 Å². The minimum Gasteiger partial charge on any atom is -0.496 e. The maximum absolute atomic E-state index is 14.2. The number of hydrogen-bond donors (Lipinski definition) is 4. The molecule has 16 heteroatoms. The number of hydrogen-bond acceptors (Lipinski definition) is 12. The summed E-state index contributed by atoms with van der Waals surface area (Å²) >= 11 is 0. The van der Waals surface area contributed by atoms with Gasteiger partial charge < -0.3 is 35.1 Å². The minimum absolute atomic E-state index is 0.0618. The molecule has 1 saturated carbocycles. The summed E-state index contributed by atoms with van der Waals surface area (Å²) in [5.41, 5.74) is 7.29. The molecule has 0 bridgehead atoms. The number of carbonyl (C=O) groups is 1. The van der Waals surface area contributed by atoms with Gasteiger partial charge in [0, 0.05) is 67.6 Å². The molecule has 3 aromatic carbocycles. The van der Waals surface area contributed by atoms with E-state index >= 15 is 0 Å². The largest absolute Gasteiger partial charge is 0.496 e. The highest BCUT2D eigenvalue weighted by Crippen LogP contribution is 2.39. The lowest BCUT2D eigenvalue weighted by Gasteiger charge is -2.35. The number of anilines is 2. The number of aliphatic hydroxyl groups excluding tert-OH is 1. The van der Waals surface area contributed by atoms with Gasteiger partial charge in [0.1, 0.15) is 17.0 Å². The van der Waals surface area contributed by atoms with Crippen LogP contribution in [0.4, 0.5) is 20.3 Å². The number of halogens is 2. The fourth-order valence-corrected chi connectivity index (χ4v) is 8.96. The van der Waals surface area contributed by atoms with Crippen molar-refractivity contribution in [2.75, 3.05) is 39.8 Å². The van der Waals surface area contributed by atoms with E-state index in [9.17, 15) is 18.7 Å². The number of nitrogens with zero attached hydrogens (tertiary/aromatic N) is 6. The molecule has 2 fully saturated rings. The second-order valence-corrected chi connectivity index (χ2v) is 16.3. The fraction of sp³-hybridized carbons (Fsp3) is 0.413. The van der Waals surface area contributed by atoms with Gasteiger partial charge in [-0.1, -0.05) is 24.3 Å². The number of methoxy groups -OCH3 is 2. The molecule has 3 aromatic heterocycles. The predicted molar refractivity (Wildman–Crippen MR) is 231 cm³/mol. The molecule has 2 aliphatic rings. The Morgan fingerprint density at radius 3 is 2.45 bits per heavy atom. The van der Waals surface area contributed by atoms with Crippen molar-refractivity contribution in [3.8, 4) is 28.3 Å². The van der Waals surface area contributed by atoms with Gasteiger partial charge in [0.25, 0.3) is 6.43 Å². The third kappa shape index (κ3) is 9.05. The second-order valence-electron chi connectivity index (χ2n) is 16.3. The number of carboxylic acid groups (broad SMARTS) is 1. The zero-order valence-corrected chi connectivity index (χ0v) is 35.3. The highest BCUT2D eigenvalue weighted by Gasteiger charge is 2.29. The lowest BCUT2D eigenvalue weighted by molar-refractivity contribution is -0.138. The second kappa shape index (κ2) is 18.7. The summed E-state index contributed by atoms with van der Waals surface area (Å²) in [5, 5.41) is 32.3. The number of pyridine rings is 1. The van der Waals surface area contributed by atoms with Crippen LogP contribution in [0.15, 0.2) is 67.0 Å². The van der Waals surface area contributed by atoms with Gasteiger partial charge in [0.2, 0.25) is 0 Å². The van der Waals surface area contributed by atoms with Crippen LogP contribution < -0.4 is 20.1 Å². The Kier molecular flexibility index (Phi) is 12.9. The number of alkyl halides is 2. The van der Waals surface area contributed by atoms with E-state index in [0.717, 1.165) is 76.5 Å². The highest BCUT2D eigenvalue weighted by atomic mass is 19.3. The van der Waals surface area contributed by atoms with Crippen LogP contribution >= 0.6 is 0 Å². The number of nitrogens with one attached hydrogen (secondary N) is 2. The molecule has 2 atom stereocenters. The molecular formula is C46H52F2N8O6. The van der Waals surface area contributed by atoms with Crippen molar-refractivity contribution in [2.24, 2.45) is 5.92 Å². The molecule has 0 amide bonds. The van der Waals surface area contributed by atoms with E-state index in [1.54, 1.807) is 26.5 Å². The first kappa shape index (κ1) is 42.9. The molecule has 6 aromatic rings. The van der Waals surface area contributed by atoms with Crippen molar-refractivity contribution >= 4 is 39.4 Å². The first-order valence-corrected chi connectivity index (χ1v) is 21.0. The third-order valence-electron chi connectivity index (χ3n) is 12.3. The molecule has 14 nitrogen and oxygen atoms in total. The number of carboxylic acids is 1. The van der Waals surface area contributed by atoms with Crippen molar-refractivity contribution in [1.29, 1.82) is 0 Å². The summed E-state index contributed by atoms with van der Waals surface area (Å²) in [6.45, 7) is 3.83. The lowest BCUT2D eigenvalue weighted by Crippen LogP contribution is -2.47. The first-order valence-electron chi connectivity index (χ1n) is 21.0. The quantitative estimate of drug-likeness (QED) is 0.0793. The average molecular weight is 851 g/mol. The number of rotatable bonds is 15. The highest BCUT2D eigenvalue weighted by molar-refractivity contribution is 5.97. The van der Waals surface area contributed by atoms with Gasteiger partial charge in [0.15, 0.2) is 11.6 Å². The minimum atomic E-state index is -2.90. The van der Waals surface area contributed by atoms with E-state index in [1.807, 2.05) is 73.4 Å². The lowest BCUT2D eigenvalue weighted by atomic mass is 9.84. The molecule has 62 heavy (non-hydrogen) atoms. The van der Waals surface area contributed by atoms with E-state index in [2.05, 4.69) is 30.5 Å². The summed E-state index contributed by atoms with van der Waals surface area (Å²) in [6.07, 6.45) is 4.42. The fourth-order valence-electron chi connectivity index (χ4n) is 8.96. The zero-order valence-electron chi connectivity index (χ0n) is 35.3. The van der Waals surface area contributed by atoms with Crippen LogP contribution in [0, 0.1) is 12.8 Å². The van der Waals surface area contributed by atoms with Crippen LogP contribution in [0.2, 0.25) is 0 Å². The molecule has 1 saturated heterocycles. The molecule has 4 heterocycles. The van der Waals surface area contributed by atoms with Gasteiger partial charge in [-0.15, -0.1) is 0 Å². The van der Waals surface area contributed by atoms with Crippen molar-refractivity contribution in [1.82, 2.24) is 34.9 Å². The number of aliphatic carboxylic acids is 1. The molecule has 0 unspecified atom stereocenters. The maximum Gasteiger partial charge on any atom is 0.303 e. The summed E-state index contributed by atoms with van der Waals surface area (Å²) in [6, 6.07) is 17.6. The van der Waals surface area contributed by atoms with E-state index in [1.165, 1.54) is 0 Å². The number of benzene rings is 3. The molecule has 4 N–H and O–H groups in total. The monoisotopic (exact) mass is 850 g/mol. The van der Waals surface area contributed by atoms with E-state index in [-0.39, 0.29) is 30.2 Å². The molecular weight excluding hydrogens is 799 g/mol. The summed E-state index contributed by atoms with van der Waals surface area (Å²) < 4.78 is 47.6. The number of aliphatic hydroxyl groups is 1. The number of ether oxygens (including phenoxy) is 3. The molecule has 1 aliphatic heterocycles. The Morgan fingerprint density at radius 1 is 1.00 bits per heavy atom. The molecule has 1 aliphatic carbocycles. The van der Waals surface area contributed by atoms with Gasteiger partial charge in [-0.05, 0) is 92.4 Å². The van der Waals surface area contributed by atoms with Gasteiger partial charge in [-0.25, -0.2) is 23.4 Å². The summed E-state index contributed by atoms with van der Waals surface area (Å²) in [4.78, 5) is 26.3. The third-order valence-corrected chi connectivity index (χ3v) is 12.3. The Hall–Kier alpha value is -5.81. The maximum atomic E-state index is 14.2. The topological polar surface area (TPSA) is 169 Å². The Morgan fingerprint density at radius 2 is 1.74 bits per heavy atom. The van der Waals surface area contributed by atoms with Crippen molar-refractivity contribution < 1.29 is 38.0 Å². The van der Waals surface area contributed by atoms with Crippen LogP contribution in [-0.2, 0) is 22.6 Å². The van der Waals surface area contributed by atoms with Crippen LogP contribution in [0.3, 0.4) is 0 Å². The molecule has 0 radical (unpaired) electrons.